The quantitative estimate of drug-likeness (QED) is 0.377. The summed E-state index contributed by atoms with van der Waals surface area (Å²) >= 11 is 0. The van der Waals surface area contributed by atoms with Crippen molar-refractivity contribution in [1.82, 2.24) is 14.7 Å². The first kappa shape index (κ1) is 25.9. The number of carbonyl (C=O) groups is 3. The minimum atomic E-state index is -1.16. The summed E-state index contributed by atoms with van der Waals surface area (Å²) in [5.74, 6) is -1.75. The highest BCUT2D eigenvalue weighted by Gasteiger charge is 2.75. The number of nitrogens with zero attached hydrogens (tertiary/aromatic N) is 3. The molecule has 8 nitrogen and oxygen atoms in total. The molecule has 1 spiro atoms. The standard InChI is InChI=1S/C27H41N3O5/c1-4-6-8-16-29-17-12-14-27-21(20-23(32)28(3)15-11-13-26(20,5-2)35-27)24(33)30(22(27)25(29)34)18-9-7-10-19-31/h11-14,20-22,31H,4-10,15-19H2,1-3H3/t20-,21+,22?,26+,27+/m1/s1. The third-order valence-electron chi connectivity index (χ3n) is 8.31. The Balaban J connectivity index is 1.76. The normalized spacial score (nSPS) is 34.2. The molecule has 2 fully saturated rings. The van der Waals surface area contributed by atoms with Gasteiger partial charge in [0.05, 0.1) is 17.4 Å². The molecule has 4 aliphatic heterocycles. The Hall–Kier alpha value is -2.19. The van der Waals surface area contributed by atoms with Crippen LogP contribution < -0.4 is 0 Å². The van der Waals surface area contributed by atoms with Crippen molar-refractivity contribution in [3.8, 4) is 0 Å². The maximum absolute atomic E-state index is 14.1. The number of unbranched alkanes of at least 4 members (excludes halogenated alkanes) is 4. The van der Waals surface area contributed by atoms with Gasteiger partial charge in [0.1, 0.15) is 11.6 Å². The van der Waals surface area contributed by atoms with Gasteiger partial charge in [-0.05, 0) is 32.1 Å². The molecule has 0 aliphatic carbocycles. The number of likely N-dealkylation sites (tertiary alicyclic amines) is 1. The average Bonchev–Trinajstić information content (AvgIpc) is 3.14. The van der Waals surface area contributed by atoms with Crippen LogP contribution in [0.25, 0.3) is 0 Å². The summed E-state index contributed by atoms with van der Waals surface area (Å²) in [5, 5.41) is 9.19. The number of hydrogen-bond acceptors (Lipinski definition) is 5. The molecule has 4 rings (SSSR count). The summed E-state index contributed by atoms with van der Waals surface area (Å²) in [7, 11) is 1.76. The number of hydrogen-bond donors (Lipinski definition) is 1. The molecule has 4 heterocycles. The van der Waals surface area contributed by atoms with Gasteiger partial charge < -0.3 is 24.5 Å². The van der Waals surface area contributed by atoms with E-state index in [1.54, 1.807) is 16.8 Å². The van der Waals surface area contributed by atoms with Crippen LogP contribution in [-0.2, 0) is 19.1 Å². The summed E-state index contributed by atoms with van der Waals surface area (Å²) in [6, 6.07) is -0.781. The van der Waals surface area contributed by atoms with Gasteiger partial charge in [0.15, 0.2) is 0 Å². The Kier molecular flexibility index (Phi) is 7.71. The van der Waals surface area contributed by atoms with Gasteiger partial charge in [0, 0.05) is 39.8 Å². The van der Waals surface area contributed by atoms with Crippen molar-refractivity contribution in [3.05, 3.63) is 24.3 Å². The molecular weight excluding hydrogens is 446 g/mol. The minimum Gasteiger partial charge on any atom is -0.396 e. The van der Waals surface area contributed by atoms with Gasteiger partial charge >= 0.3 is 0 Å². The molecule has 0 bridgehead atoms. The fraction of sp³-hybridized carbons (Fsp3) is 0.741. The van der Waals surface area contributed by atoms with Gasteiger partial charge in [-0.2, -0.15) is 0 Å². The third-order valence-corrected chi connectivity index (χ3v) is 8.31. The van der Waals surface area contributed by atoms with E-state index in [1.165, 1.54) is 0 Å². The number of ether oxygens (including phenoxy) is 1. The highest BCUT2D eigenvalue weighted by molar-refractivity contribution is 6.00. The molecule has 0 saturated carbocycles. The molecule has 35 heavy (non-hydrogen) atoms. The largest absolute Gasteiger partial charge is 0.396 e. The zero-order valence-electron chi connectivity index (χ0n) is 21.4. The molecule has 0 aromatic rings. The zero-order valence-corrected chi connectivity index (χ0v) is 21.4. The van der Waals surface area contributed by atoms with E-state index >= 15 is 0 Å². The first-order valence-corrected chi connectivity index (χ1v) is 13.4. The molecule has 0 aromatic heterocycles. The molecule has 1 unspecified atom stereocenters. The second-order valence-electron chi connectivity index (χ2n) is 10.5. The van der Waals surface area contributed by atoms with Crippen LogP contribution in [0.15, 0.2) is 24.3 Å². The topological polar surface area (TPSA) is 90.4 Å². The van der Waals surface area contributed by atoms with Crippen LogP contribution in [0.3, 0.4) is 0 Å². The molecular formula is C27H41N3O5. The number of aliphatic hydroxyl groups is 1. The second kappa shape index (κ2) is 10.4. The van der Waals surface area contributed by atoms with E-state index in [0.717, 1.165) is 25.7 Å². The number of rotatable bonds is 10. The van der Waals surface area contributed by atoms with Crippen molar-refractivity contribution in [1.29, 1.82) is 0 Å². The highest BCUT2D eigenvalue weighted by Crippen LogP contribution is 2.58. The van der Waals surface area contributed by atoms with Crippen LogP contribution in [0.5, 0.6) is 0 Å². The van der Waals surface area contributed by atoms with Crippen molar-refractivity contribution in [3.63, 3.8) is 0 Å². The van der Waals surface area contributed by atoms with Crippen LogP contribution in [0.1, 0.15) is 58.8 Å². The van der Waals surface area contributed by atoms with Gasteiger partial charge in [-0.25, -0.2) is 0 Å². The van der Waals surface area contributed by atoms with Gasteiger partial charge in [-0.1, -0.05) is 51.0 Å². The van der Waals surface area contributed by atoms with E-state index in [9.17, 15) is 19.5 Å². The van der Waals surface area contributed by atoms with Crippen LogP contribution in [0, 0.1) is 11.8 Å². The lowest BCUT2D eigenvalue weighted by Crippen LogP contribution is -2.56. The summed E-state index contributed by atoms with van der Waals surface area (Å²) in [5.41, 5.74) is -2.07. The number of likely N-dealkylation sites (N-methyl/N-ethyl adjacent to an activating group) is 1. The first-order chi connectivity index (χ1) is 16.9. The number of fused-ring (bicyclic) bond motifs is 2. The number of carbonyl (C=O) groups excluding carboxylic acids is 3. The zero-order chi connectivity index (χ0) is 25.2. The molecule has 0 aromatic carbocycles. The van der Waals surface area contributed by atoms with Crippen LogP contribution in [-0.4, -0.2) is 94.6 Å². The van der Waals surface area contributed by atoms with Crippen LogP contribution >= 0.6 is 0 Å². The fourth-order valence-corrected chi connectivity index (χ4v) is 6.49. The maximum Gasteiger partial charge on any atom is 0.249 e. The number of amides is 3. The average molecular weight is 488 g/mol. The molecule has 1 N–H and O–H groups in total. The molecule has 3 amide bonds. The van der Waals surface area contributed by atoms with E-state index in [4.69, 9.17) is 4.74 Å². The van der Waals surface area contributed by atoms with E-state index in [-0.39, 0.29) is 24.3 Å². The Morgan fingerprint density at radius 2 is 1.66 bits per heavy atom. The lowest BCUT2D eigenvalue weighted by molar-refractivity contribution is -0.154. The van der Waals surface area contributed by atoms with Gasteiger partial charge in [0.2, 0.25) is 17.7 Å². The Labute approximate surface area is 208 Å². The predicted octanol–water partition coefficient (Wildman–Crippen LogP) is 2.13. The summed E-state index contributed by atoms with van der Waals surface area (Å²) in [4.78, 5) is 47.0. The Morgan fingerprint density at radius 1 is 0.914 bits per heavy atom. The van der Waals surface area contributed by atoms with Gasteiger partial charge in [-0.15, -0.1) is 0 Å². The van der Waals surface area contributed by atoms with E-state index < -0.39 is 29.1 Å². The summed E-state index contributed by atoms with van der Waals surface area (Å²) < 4.78 is 6.90. The van der Waals surface area contributed by atoms with Crippen molar-refractivity contribution >= 4 is 17.7 Å². The van der Waals surface area contributed by atoms with Crippen LogP contribution in [0.4, 0.5) is 0 Å². The fourth-order valence-electron chi connectivity index (χ4n) is 6.49. The molecule has 0 radical (unpaired) electrons. The van der Waals surface area contributed by atoms with E-state index in [2.05, 4.69) is 6.92 Å². The molecule has 5 atom stereocenters. The predicted molar refractivity (Wildman–Crippen MR) is 132 cm³/mol. The highest BCUT2D eigenvalue weighted by atomic mass is 16.5. The summed E-state index contributed by atoms with van der Waals surface area (Å²) in [6.45, 7) is 6.24. The van der Waals surface area contributed by atoms with Crippen molar-refractivity contribution < 1.29 is 24.2 Å². The van der Waals surface area contributed by atoms with Crippen molar-refractivity contribution in [2.24, 2.45) is 11.8 Å². The maximum atomic E-state index is 14.1. The lowest BCUT2D eigenvalue weighted by atomic mass is 9.73. The van der Waals surface area contributed by atoms with E-state index in [0.29, 0.717) is 45.4 Å². The summed E-state index contributed by atoms with van der Waals surface area (Å²) in [6.07, 6.45) is 13.5. The Morgan fingerprint density at radius 3 is 2.37 bits per heavy atom. The SMILES string of the molecule is CCCCCN1CC=C[C@]23O[C@@]4(CC)C=CCN(C)C(=O)[C@H]4[C@H]2C(=O)N(CCCCCO)C3C1=O. The second-order valence-corrected chi connectivity index (χ2v) is 10.5. The van der Waals surface area contributed by atoms with E-state index in [1.807, 2.05) is 36.1 Å². The molecule has 2 saturated heterocycles. The monoisotopic (exact) mass is 487 g/mol. The number of aliphatic hydroxyl groups excluding tert-OH is 1. The molecule has 194 valence electrons. The molecule has 4 aliphatic rings. The molecule has 8 heteroatoms. The Bertz CT molecular complexity index is 888. The van der Waals surface area contributed by atoms with Gasteiger partial charge in [0.25, 0.3) is 0 Å². The van der Waals surface area contributed by atoms with Crippen LogP contribution in [0.2, 0.25) is 0 Å². The lowest BCUT2D eigenvalue weighted by Gasteiger charge is -2.38. The minimum absolute atomic E-state index is 0.0865. The van der Waals surface area contributed by atoms with Crippen molar-refractivity contribution in [2.75, 3.05) is 39.8 Å². The smallest absolute Gasteiger partial charge is 0.249 e. The first-order valence-electron chi connectivity index (χ1n) is 13.4. The van der Waals surface area contributed by atoms with Gasteiger partial charge in [-0.3, -0.25) is 14.4 Å². The third kappa shape index (κ3) is 4.22. The van der Waals surface area contributed by atoms with Crippen molar-refractivity contribution in [2.45, 2.75) is 76.0 Å².